The maximum Gasteiger partial charge on any atom is 0.250 e. The highest BCUT2D eigenvalue weighted by molar-refractivity contribution is 6.04. The number of rotatable bonds is 3. The molecule has 0 radical (unpaired) electrons. The Kier molecular flexibility index (Phi) is 3.94. The topological polar surface area (TPSA) is 84.2 Å². The quantitative estimate of drug-likeness (QED) is 0.741. The van der Waals surface area contributed by atoms with Crippen molar-refractivity contribution in [1.82, 2.24) is 5.32 Å². The minimum absolute atomic E-state index is 0.108. The van der Waals surface area contributed by atoms with Gasteiger partial charge in [0.15, 0.2) is 0 Å². The Morgan fingerprint density at radius 3 is 2.72 bits per heavy atom. The highest BCUT2D eigenvalue weighted by Crippen LogP contribution is 2.16. The van der Waals surface area contributed by atoms with Crippen LogP contribution in [0.3, 0.4) is 0 Å². The number of para-hydroxylation sites is 1. The summed E-state index contributed by atoms with van der Waals surface area (Å²) in [5, 5.41) is 5.92. The molecule has 4 N–H and O–H groups in total. The van der Waals surface area contributed by atoms with Gasteiger partial charge in [0.1, 0.15) is 0 Å². The van der Waals surface area contributed by atoms with Gasteiger partial charge in [0.05, 0.1) is 17.3 Å². The number of hydrogen-bond donors (Lipinski definition) is 3. The zero-order valence-corrected chi connectivity index (χ0v) is 10.1. The van der Waals surface area contributed by atoms with Gasteiger partial charge in [-0.3, -0.25) is 9.59 Å². The second-order valence-corrected chi connectivity index (χ2v) is 4.40. The van der Waals surface area contributed by atoms with Crippen LogP contribution in [0.1, 0.15) is 29.6 Å². The van der Waals surface area contributed by atoms with E-state index in [9.17, 15) is 9.59 Å². The molecule has 5 heteroatoms. The van der Waals surface area contributed by atoms with Crippen LogP contribution in [-0.4, -0.2) is 24.4 Å². The average molecular weight is 247 g/mol. The van der Waals surface area contributed by atoms with E-state index in [0.717, 1.165) is 25.8 Å². The van der Waals surface area contributed by atoms with E-state index in [1.54, 1.807) is 24.3 Å². The number of amides is 2. The fourth-order valence-electron chi connectivity index (χ4n) is 2.10. The molecule has 1 unspecified atom stereocenters. The zero-order valence-electron chi connectivity index (χ0n) is 10.1. The van der Waals surface area contributed by atoms with Gasteiger partial charge in [-0.2, -0.15) is 0 Å². The van der Waals surface area contributed by atoms with E-state index in [0.29, 0.717) is 11.3 Å². The lowest BCUT2D eigenvalue weighted by molar-refractivity contribution is -0.118. The van der Waals surface area contributed by atoms with Crippen molar-refractivity contribution in [3.63, 3.8) is 0 Å². The second kappa shape index (κ2) is 5.64. The molecule has 5 nitrogen and oxygen atoms in total. The Morgan fingerprint density at radius 2 is 2.06 bits per heavy atom. The van der Waals surface area contributed by atoms with E-state index >= 15 is 0 Å². The molecule has 18 heavy (non-hydrogen) atoms. The zero-order chi connectivity index (χ0) is 13.0. The average Bonchev–Trinajstić information content (AvgIpc) is 2.40. The smallest absolute Gasteiger partial charge is 0.250 e. The van der Waals surface area contributed by atoms with Crippen LogP contribution >= 0.6 is 0 Å². The summed E-state index contributed by atoms with van der Waals surface area (Å²) in [6.07, 6.45) is 2.97. The van der Waals surface area contributed by atoms with Gasteiger partial charge in [-0.1, -0.05) is 18.6 Å². The van der Waals surface area contributed by atoms with Crippen LogP contribution in [0, 0.1) is 0 Å². The van der Waals surface area contributed by atoms with Gasteiger partial charge >= 0.3 is 0 Å². The number of carbonyl (C=O) groups excluding carboxylic acids is 2. The summed E-state index contributed by atoms with van der Waals surface area (Å²) in [6.45, 7) is 0.857. The molecule has 2 amide bonds. The first kappa shape index (κ1) is 12.6. The van der Waals surface area contributed by atoms with Crippen molar-refractivity contribution in [1.29, 1.82) is 0 Å². The molecule has 1 fully saturated rings. The van der Waals surface area contributed by atoms with Gasteiger partial charge in [-0.05, 0) is 31.5 Å². The second-order valence-electron chi connectivity index (χ2n) is 4.40. The molecule has 1 aromatic carbocycles. The van der Waals surface area contributed by atoms with E-state index in [1.807, 2.05) is 0 Å². The summed E-state index contributed by atoms with van der Waals surface area (Å²) in [7, 11) is 0. The third-order valence-electron chi connectivity index (χ3n) is 3.08. The lowest BCUT2D eigenvalue weighted by Crippen LogP contribution is -2.43. The third-order valence-corrected chi connectivity index (χ3v) is 3.08. The van der Waals surface area contributed by atoms with E-state index in [1.165, 1.54) is 0 Å². The minimum Gasteiger partial charge on any atom is -0.366 e. The van der Waals surface area contributed by atoms with Crippen LogP contribution in [0.5, 0.6) is 0 Å². The number of piperidine rings is 1. The van der Waals surface area contributed by atoms with E-state index in [4.69, 9.17) is 5.73 Å². The van der Waals surface area contributed by atoms with Gasteiger partial charge in [0.2, 0.25) is 5.91 Å². The predicted molar refractivity (Wildman–Crippen MR) is 69.2 cm³/mol. The van der Waals surface area contributed by atoms with Gasteiger partial charge < -0.3 is 16.4 Å². The lowest BCUT2D eigenvalue weighted by atomic mass is 10.0. The summed E-state index contributed by atoms with van der Waals surface area (Å²) in [5.74, 6) is -0.647. The van der Waals surface area contributed by atoms with Crippen molar-refractivity contribution in [3.05, 3.63) is 29.8 Å². The van der Waals surface area contributed by atoms with Crippen LogP contribution in [0.15, 0.2) is 24.3 Å². The fraction of sp³-hybridized carbons (Fsp3) is 0.385. The van der Waals surface area contributed by atoms with Gasteiger partial charge in [0.25, 0.3) is 5.91 Å². The number of anilines is 1. The van der Waals surface area contributed by atoms with Crippen LogP contribution in [0.4, 0.5) is 5.69 Å². The highest BCUT2D eigenvalue weighted by atomic mass is 16.2. The van der Waals surface area contributed by atoms with E-state index < -0.39 is 5.91 Å². The Bertz CT molecular complexity index is 453. The summed E-state index contributed by atoms with van der Waals surface area (Å²) >= 11 is 0. The first-order valence-electron chi connectivity index (χ1n) is 6.11. The molecule has 0 aromatic heterocycles. The van der Waals surface area contributed by atoms with E-state index in [2.05, 4.69) is 10.6 Å². The molecule has 0 bridgehead atoms. The standard InChI is InChI=1S/C13H17N3O2/c14-12(17)9-5-1-2-6-10(9)16-13(18)11-7-3-4-8-15-11/h1-2,5-6,11,15H,3-4,7-8H2,(H2,14,17)(H,16,18). The molecule has 0 spiro atoms. The molecule has 1 aliphatic heterocycles. The summed E-state index contributed by atoms with van der Waals surface area (Å²) in [5.41, 5.74) is 6.07. The van der Waals surface area contributed by atoms with Crippen molar-refractivity contribution in [2.75, 3.05) is 11.9 Å². The third kappa shape index (κ3) is 2.87. The first-order valence-corrected chi connectivity index (χ1v) is 6.11. The molecule has 96 valence electrons. The number of nitrogens with one attached hydrogen (secondary N) is 2. The molecule has 1 aromatic rings. The SMILES string of the molecule is NC(=O)c1ccccc1NC(=O)C1CCCCN1. The molecule has 0 aliphatic carbocycles. The first-order chi connectivity index (χ1) is 8.68. The highest BCUT2D eigenvalue weighted by Gasteiger charge is 2.21. The number of primary amides is 1. The molecule has 2 rings (SSSR count). The monoisotopic (exact) mass is 247 g/mol. The Balaban J connectivity index is 2.08. The Labute approximate surface area is 106 Å². The van der Waals surface area contributed by atoms with Crippen LogP contribution in [0.25, 0.3) is 0 Å². The molecule has 0 saturated carbocycles. The fourth-order valence-corrected chi connectivity index (χ4v) is 2.10. The Morgan fingerprint density at radius 1 is 1.28 bits per heavy atom. The van der Waals surface area contributed by atoms with Gasteiger partial charge in [0, 0.05) is 0 Å². The van der Waals surface area contributed by atoms with Crippen molar-refractivity contribution >= 4 is 17.5 Å². The summed E-state index contributed by atoms with van der Waals surface area (Å²) in [4.78, 5) is 23.3. The molecular formula is C13H17N3O2. The predicted octanol–water partition coefficient (Wildman–Crippen LogP) is 0.866. The molecule has 1 aliphatic rings. The van der Waals surface area contributed by atoms with Gasteiger partial charge in [-0.25, -0.2) is 0 Å². The molecule has 1 atom stereocenters. The van der Waals surface area contributed by atoms with Crippen molar-refractivity contribution in [3.8, 4) is 0 Å². The van der Waals surface area contributed by atoms with Crippen molar-refractivity contribution in [2.24, 2.45) is 5.73 Å². The van der Waals surface area contributed by atoms with Crippen molar-refractivity contribution in [2.45, 2.75) is 25.3 Å². The number of carbonyl (C=O) groups is 2. The summed E-state index contributed by atoms with van der Waals surface area (Å²) < 4.78 is 0. The van der Waals surface area contributed by atoms with Crippen LogP contribution in [-0.2, 0) is 4.79 Å². The number of nitrogens with two attached hydrogens (primary N) is 1. The molecule has 1 saturated heterocycles. The normalized spacial score (nSPS) is 19.2. The maximum atomic E-state index is 12.0. The van der Waals surface area contributed by atoms with Crippen LogP contribution in [0.2, 0.25) is 0 Å². The number of benzene rings is 1. The summed E-state index contributed by atoms with van der Waals surface area (Å²) in [6, 6.07) is 6.58. The lowest BCUT2D eigenvalue weighted by Gasteiger charge is -2.22. The van der Waals surface area contributed by atoms with Crippen molar-refractivity contribution < 1.29 is 9.59 Å². The largest absolute Gasteiger partial charge is 0.366 e. The Hall–Kier alpha value is -1.88. The molecular weight excluding hydrogens is 230 g/mol. The number of hydrogen-bond acceptors (Lipinski definition) is 3. The van der Waals surface area contributed by atoms with Gasteiger partial charge in [-0.15, -0.1) is 0 Å². The minimum atomic E-state index is -0.539. The van der Waals surface area contributed by atoms with Crippen LogP contribution < -0.4 is 16.4 Å². The van der Waals surface area contributed by atoms with E-state index in [-0.39, 0.29) is 11.9 Å². The molecule has 1 heterocycles. The maximum absolute atomic E-state index is 12.0.